The van der Waals surface area contributed by atoms with Crippen molar-refractivity contribution in [2.24, 2.45) is 0 Å². The molecular formula is C30H63NO3P+. The minimum atomic E-state index is -3.55. The lowest BCUT2D eigenvalue weighted by Gasteiger charge is -2.35. The van der Waals surface area contributed by atoms with Gasteiger partial charge < -0.3 is 13.9 Å². The van der Waals surface area contributed by atoms with E-state index < -0.39 is 7.60 Å². The van der Waals surface area contributed by atoms with Gasteiger partial charge in [-0.1, -0.05) is 122 Å². The van der Waals surface area contributed by atoms with E-state index in [1.807, 2.05) is 28.1 Å². The van der Waals surface area contributed by atoms with Crippen molar-refractivity contribution >= 4 is 7.60 Å². The average Bonchev–Trinajstić information content (AvgIpc) is 2.78. The number of rotatable bonds is 26. The maximum atomic E-state index is 12.5. The summed E-state index contributed by atoms with van der Waals surface area (Å²) in [4.78, 5) is 10.3. The Balaban J connectivity index is 3.39. The minimum Gasteiger partial charge on any atom is -0.320 e. The molecule has 0 bridgehead atoms. The molecule has 4 nitrogen and oxygen atoms in total. The first kappa shape index (κ1) is 34.9. The summed E-state index contributed by atoms with van der Waals surface area (Å²) in [5.74, 6) is -0.349. The molecule has 0 aromatic rings. The Morgan fingerprint density at radius 3 is 1.40 bits per heavy atom. The van der Waals surface area contributed by atoms with Gasteiger partial charge in [-0.05, 0) is 32.1 Å². The molecule has 0 saturated heterocycles. The Bertz CT molecular complexity index is 530. The van der Waals surface area contributed by atoms with Gasteiger partial charge in [0.05, 0.1) is 27.7 Å². The maximum Gasteiger partial charge on any atom is 0.385 e. The number of nitrogens with zero attached hydrogens (tertiary/aromatic N) is 1. The van der Waals surface area contributed by atoms with Crippen LogP contribution in [0.25, 0.3) is 0 Å². The third kappa shape index (κ3) is 21.6. The van der Waals surface area contributed by atoms with Crippen molar-refractivity contribution in [1.29, 1.82) is 0 Å². The van der Waals surface area contributed by atoms with Crippen LogP contribution in [0.5, 0.6) is 0 Å². The minimum absolute atomic E-state index is 0.349. The maximum absolute atomic E-state index is 12.5. The van der Waals surface area contributed by atoms with Gasteiger partial charge in [0.1, 0.15) is 0 Å². The van der Waals surface area contributed by atoms with Gasteiger partial charge in [-0.2, -0.15) is 0 Å². The normalized spacial score (nSPS) is 15.0. The second kappa shape index (κ2) is 23.0. The molecule has 0 spiro atoms. The van der Waals surface area contributed by atoms with Crippen LogP contribution in [0.3, 0.4) is 0 Å². The Hall–Kier alpha value is -0.150. The molecule has 0 aromatic carbocycles. The zero-order chi connectivity index (χ0) is 26.3. The highest BCUT2D eigenvalue weighted by atomic mass is 31.2. The van der Waals surface area contributed by atoms with Crippen LogP contribution in [0.1, 0.15) is 149 Å². The molecule has 0 radical (unpaired) electrons. The summed E-state index contributed by atoms with van der Waals surface area (Å²) in [6.07, 6.45) is 31.8. The third-order valence-corrected chi connectivity index (χ3v) is 9.43. The van der Waals surface area contributed by atoms with E-state index in [0.29, 0.717) is 17.5 Å². The number of allylic oxidation sites excluding steroid dienone is 2. The molecule has 35 heavy (non-hydrogen) atoms. The van der Waals surface area contributed by atoms with E-state index in [2.05, 4.69) is 19.1 Å². The predicted octanol–water partition coefficient (Wildman–Crippen LogP) is 10.0. The molecule has 0 saturated carbocycles. The fraction of sp³-hybridized carbons (Fsp3) is 0.933. The Morgan fingerprint density at radius 1 is 0.657 bits per heavy atom. The van der Waals surface area contributed by atoms with Crippen LogP contribution < -0.4 is 0 Å². The fourth-order valence-electron chi connectivity index (χ4n) is 4.91. The summed E-state index contributed by atoms with van der Waals surface area (Å²) in [7, 11) is 2.31. The molecule has 0 amide bonds. The summed E-state index contributed by atoms with van der Waals surface area (Å²) >= 11 is 0. The van der Waals surface area contributed by atoms with E-state index >= 15 is 0 Å². The standard InChI is InChI=1S/C30H62NO3P/c1-6-8-9-10-11-12-13-14-15-16-17-18-19-20-21-22-23-24-25-26-27-28-29-34-35(32,33)30(7-2)31(3,4)5/h17-18,30H,6-16,19-29H2,1-5H3/p+1/b18-17-. The molecule has 210 valence electrons. The van der Waals surface area contributed by atoms with Crippen molar-refractivity contribution in [3.63, 3.8) is 0 Å². The lowest BCUT2D eigenvalue weighted by Crippen LogP contribution is -2.44. The van der Waals surface area contributed by atoms with E-state index in [0.717, 1.165) is 12.8 Å². The summed E-state index contributed by atoms with van der Waals surface area (Å²) < 4.78 is 18.4. The van der Waals surface area contributed by atoms with Gasteiger partial charge in [-0.3, -0.25) is 4.57 Å². The molecule has 0 aliphatic heterocycles. The van der Waals surface area contributed by atoms with Crippen LogP contribution in [-0.2, 0) is 9.09 Å². The molecule has 0 heterocycles. The van der Waals surface area contributed by atoms with E-state index in [4.69, 9.17) is 4.52 Å². The highest BCUT2D eigenvalue weighted by Gasteiger charge is 2.41. The molecule has 2 atom stereocenters. The molecule has 5 heteroatoms. The van der Waals surface area contributed by atoms with Gasteiger partial charge in [-0.15, -0.1) is 0 Å². The van der Waals surface area contributed by atoms with E-state index in [9.17, 15) is 9.46 Å². The monoisotopic (exact) mass is 516 g/mol. The highest BCUT2D eigenvalue weighted by molar-refractivity contribution is 7.53. The van der Waals surface area contributed by atoms with E-state index in [-0.39, 0.29) is 5.78 Å². The first-order valence-corrected chi connectivity index (χ1v) is 16.8. The van der Waals surface area contributed by atoms with Crippen LogP contribution in [0.2, 0.25) is 0 Å². The van der Waals surface area contributed by atoms with E-state index in [1.165, 1.54) is 116 Å². The Morgan fingerprint density at radius 2 is 1.03 bits per heavy atom. The summed E-state index contributed by atoms with van der Waals surface area (Å²) in [5.41, 5.74) is 0. The number of quaternary nitrogens is 1. The molecule has 0 aromatic heterocycles. The van der Waals surface area contributed by atoms with Crippen LogP contribution in [0.4, 0.5) is 0 Å². The fourth-order valence-corrected chi connectivity index (χ4v) is 6.81. The van der Waals surface area contributed by atoms with Gasteiger partial charge in [0, 0.05) is 6.42 Å². The second-order valence-corrected chi connectivity index (χ2v) is 13.4. The molecule has 0 aliphatic carbocycles. The first-order chi connectivity index (χ1) is 16.8. The van der Waals surface area contributed by atoms with Crippen molar-refractivity contribution in [1.82, 2.24) is 0 Å². The van der Waals surface area contributed by atoms with Gasteiger partial charge in [0.15, 0.2) is 5.78 Å². The quantitative estimate of drug-likeness (QED) is 0.0538. The molecule has 0 aliphatic rings. The lowest BCUT2D eigenvalue weighted by atomic mass is 10.1. The average molecular weight is 517 g/mol. The Kier molecular flexibility index (Phi) is 22.9. The predicted molar refractivity (Wildman–Crippen MR) is 155 cm³/mol. The number of hydrogen-bond acceptors (Lipinski definition) is 2. The van der Waals surface area contributed by atoms with E-state index in [1.54, 1.807) is 0 Å². The second-order valence-electron chi connectivity index (χ2n) is 11.5. The van der Waals surface area contributed by atoms with Crippen LogP contribution in [0, 0.1) is 0 Å². The lowest BCUT2D eigenvalue weighted by molar-refractivity contribution is -0.883. The molecule has 0 rings (SSSR count). The Labute approximate surface area is 220 Å². The van der Waals surface area contributed by atoms with Crippen molar-refractivity contribution in [3.05, 3.63) is 12.2 Å². The van der Waals surface area contributed by atoms with Crippen molar-refractivity contribution in [2.45, 2.75) is 154 Å². The summed E-state index contributed by atoms with van der Waals surface area (Å²) in [6.45, 7) is 4.64. The SMILES string of the molecule is CCCCCCCCCCC/C=C\CCCCCCCCCCCOP(=O)(O)C(CC)[N+](C)(C)C. The van der Waals surface area contributed by atoms with Gasteiger partial charge in [-0.25, -0.2) is 0 Å². The summed E-state index contributed by atoms with van der Waals surface area (Å²) in [5, 5.41) is 0. The molecule has 1 N–H and O–H groups in total. The topological polar surface area (TPSA) is 46.5 Å². The zero-order valence-electron chi connectivity index (χ0n) is 24.4. The zero-order valence-corrected chi connectivity index (χ0v) is 25.3. The van der Waals surface area contributed by atoms with Crippen LogP contribution in [-0.4, -0.2) is 42.9 Å². The first-order valence-electron chi connectivity index (χ1n) is 15.2. The van der Waals surface area contributed by atoms with Gasteiger partial charge in [0.2, 0.25) is 0 Å². The largest absolute Gasteiger partial charge is 0.385 e. The van der Waals surface area contributed by atoms with Crippen molar-refractivity contribution in [2.75, 3.05) is 27.7 Å². The van der Waals surface area contributed by atoms with Gasteiger partial charge >= 0.3 is 7.60 Å². The van der Waals surface area contributed by atoms with Crippen molar-refractivity contribution < 1.29 is 18.5 Å². The molecular weight excluding hydrogens is 453 g/mol. The molecule has 0 fully saturated rings. The van der Waals surface area contributed by atoms with Gasteiger partial charge in [0.25, 0.3) is 0 Å². The summed E-state index contributed by atoms with van der Waals surface area (Å²) in [6, 6.07) is 0. The number of hydrogen-bond donors (Lipinski definition) is 1. The third-order valence-electron chi connectivity index (χ3n) is 7.07. The van der Waals surface area contributed by atoms with Crippen molar-refractivity contribution in [3.8, 4) is 0 Å². The van der Waals surface area contributed by atoms with Crippen LogP contribution in [0.15, 0.2) is 12.2 Å². The molecule has 2 unspecified atom stereocenters. The highest BCUT2D eigenvalue weighted by Crippen LogP contribution is 2.51. The smallest absolute Gasteiger partial charge is 0.320 e. The number of unbranched alkanes of at least 4 members (excludes halogenated alkanes) is 18. The van der Waals surface area contributed by atoms with Crippen LogP contribution >= 0.6 is 7.60 Å².